The van der Waals surface area contributed by atoms with Crippen molar-refractivity contribution in [1.82, 2.24) is 0 Å². The number of hydrogen-bond acceptors (Lipinski definition) is 7. The van der Waals surface area contributed by atoms with Gasteiger partial charge in [-0.05, 0) is 24.3 Å². The lowest BCUT2D eigenvalue weighted by molar-refractivity contribution is -0.655. The zero-order chi connectivity index (χ0) is 19.3. The second-order valence-corrected chi connectivity index (χ2v) is 7.43. The van der Waals surface area contributed by atoms with Crippen LogP contribution in [0.2, 0.25) is 5.02 Å². The monoisotopic (exact) mass is 432 g/mol. The van der Waals surface area contributed by atoms with Gasteiger partial charge in [0.25, 0.3) is 0 Å². The first-order valence-electron chi connectivity index (χ1n) is 6.24. The van der Waals surface area contributed by atoms with E-state index in [1.807, 2.05) is 12.1 Å². The predicted octanol–water partition coefficient (Wildman–Crippen LogP) is 1.13. The Hall–Kier alpha value is -1.32. The minimum atomic E-state index is -4.92. The Labute approximate surface area is 152 Å². The molecular weight excluding hydrogens is 420 g/mol. The summed E-state index contributed by atoms with van der Waals surface area (Å²) in [6, 6.07) is 8.00. The summed E-state index contributed by atoms with van der Waals surface area (Å²) in [7, 11) is -9.58. The minimum absolute atomic E-state index is 0.786. The Balaban J connectivity index is 0.000000262. The summed E-state index contributed by atoms with van der Waals surface area (Å²) >= 11 is 7.63. The van der Waals surface area contributed by atoms with Crippen LogP contribution in [0.15, 0.2) is 29.6 Å². The molecule has 4 N–H and O–H groups in total. The third-order valence-corrected chi connectivity index (χ3v) is 3.75. The van der Waals surface area contributed by atoms with Gasteiger partial charge >= 0.3 is 15.5 Å². The molecule has 0 aliphatic carbocycles. The molecule has 1 aromatic carbocycles. The van der Waals surface area contributed by atoms with E-state index in [0.717, 1.165) is 18.1 Å². The molecular formula is C11H13ClN2O8S3. The van der Waals surface area contributed by atoms with Gasteiger partial charge in [-0.1, -0.05) is 22.9 Å². The lowest BCUT2D eigenvalue weighted by Gasteiger charge is -1.98. The van der Waals surface area contributed by atoms with E-state index in [1.165, 1.54) is 16.4 Å². The first-order valence-corrected chi connectivity index (χ1v) is 10.3. The Kier molecular flexibility index (Phi) is 7.70. The number of nitrogens with one attached hydrogen (secondary N) is 1. The molecule has 0 atom stereocenters. The summed E-state index contributed by atoms with van der Waals surface area (Å²) in [6.07, 6.45) is 0. The number of rotatable bonds is 1. The van der Waals surface area contributed by atoms with Crippen molar-refractivity contribution in [3.63, 3.8) is 0 Å². The normalized spacial score (nSPS) is 12.8. The highest BCUT2D eigenvalue weighted by Gasteiger charge is 2.23. The number of hydrogen-bond donors (Lipinski definition) is 4. The number of aromatic nitrogens is 1. The fourth-order valence-electron chi connectivity index (χ4n) is 1.83. The maximum Gasteiger partial charge on any atom is 0.394 e. The van der Waals surface area contributed by atoms with E-state index in [-0.39, 0.29) is 0 Å². The second-order valence-electron chi connectivity index (χ2n) is 4.39. The van der Waals surface area contributed by atoms with Gasteiger partial charge in [-0.3, -0.25) is 19.0 Å². The van der Waals surface area contributed by atoms with Crippen LogP contribution in [0.25, 0.3) is 11.3 Å². The highest BCUT2D eigenvalue weighted by atomic mass is 35.5. The molecule has 3 rings (SSSR count). The van der Waals surface area contributed by atoms with E-state index >= 15 is 0 Å². The van der Waals surface area contributed by atoms with Crippen LogP contribution in [0.5, 0.6) is 0 Å². The molecule has 0 saturated carbocycles. The van der Waals surface area contributed by atoms with Crippen molar-refractivity contribution >= 4 is 48.9 Å². The fraction of sp³-hybridized carbons (Fsp3) is 0.182. The first kappa shape index (κ1) is 21.7. The molecule has 1 aliphatic rings. The molecule has 2 heterocycles. The minimum Gasteiger partial charge on any atom is -0.726 e. The standard InChI is InChI=1S/C11H9ClN2S.2H2O4S/c12-9-3-1-8(2-4-9)10-7-15-11-13-5-6-14(10)11;2*1-5(2,3)4/h1-4,7H,5-6H2;2*(H2,1,2,3,4). The number of nitrogens with zero attached hydrogens (tertiary/aromatic N) is 1. The molecule has 1 aliphatic heterocycles. The molecule has 0 bridgehead atoms. The number of thiazole rings is 1. The van der Waals surface area contributed by atoms with Crippen LogP contribution >= 0.6 is 22.9 Å². The zero-order valence-corrected chi connectivity index (χ0v) is 15.4. The lowest BCUT2D eigenvalue weighted by atomic mass is 10.2. The summed E-state index contributed by atoms with van der Waals surface area (Å²) in [6.45, 7) is 2.09. The fourth-order valence-corrected chi connectivity index (χ4v) is 2.94. The third kappa shape index (κ3) is 9.66. The molecule has 2 aromatic rings. The van der Waals surface area contributed by atoms with E-state index in [2.05, 4.69) is 27.4 Å². The maximum atomic E-state index is 8.74. The van der Waals surface area contributed by atoms with Gasteiger partial charge in [-0.15, -0.1) is 0 Å². The number of halogens is 1. The Morgan fingerprint density at radius 3 is 2.08 bits per heavy atom. The maximum absolute atomic E-state index is 8.74. The smallest absolute Gasteiger partial charge is 0.394 e. The van der Waals surface area contributed by atoms with E-state index in [0.29, 0.717) is 0 Å². The van der Waals surface area contributed by atoms with Crippen molar-refractivity contribution in [2.45, 2.75) is 6.54 Å². The predicted molar refractivity (Wildman–Crippen MR) is 90.0 cm³/mol. The van der Waals surface area contributed by atoms with Gasteiger partial charge in [0, 0.05) is 16.0 Å². The molecule has 0 spiro atoms. The van der Waals surface area contributed by atoms with Crippen molar-refractivity contribution in [3.05, 3.63) is 34.7 Å². The Morgan fingerprint density at radius 1 is 1.12 bits per heavy atom. The number of fused-ring (bicyclic) bond motifs is 1. The van der Waals surface area contributed by atoms with Gasteiger partial charge in [0.05, 0.1) is 0 Å². The topological polar surface area (TPSA) is 168 Å². The summed E-state index contributed by atoms with van der Waals surface area (Å²) in [5.74, 6) is 0. The van der Waals surface area contributed by atoms with Gasteiger partial charge in [0.15, 0.2) is 0 Å². The van der Waals surface area contributed by atoms with Crippen LogP contribution in [0.1, 0.15) is 0 Å². The van der Waals surface area contributed by atoms with E-state index in [9.17, 15) is 0 Å². The van der Waals surface area contributed by atoms with Crippen LogP contribution in [-0.2, 0) is 27.3 Å². The largest absolute Gasteiger partial charge is 0.726 e. The molecule has 140 valence electrons. The van der Waals surface area contributed by atoms with Crippen molar-refractivity contribution in [2.75, 3.05) is 11.9 Å². The molecule has 0 unspecified atom stereocenters. The van der Waals surface area contributed by atoms with Crippen LogP contribution in [0.4, 0.5) is 5.13 Å². The molecule has 14 heteroatoms. The lowest BCUT2D eigenvalue weighted by Crippen LogP contribution is -2.30. The first-order chi connectivity index (χ1) is 11.3. The van der Waals surface area contributed by atoms with E-state index < -0.39 is 20.8 Å². The zero-order valence-electron chi connectivity index (χ0n) is 12.2. The molecule has 0 radical (unpaired) electrons. The van der Waals surface area contributed by atoms with Gasteiger partial charge in [0.1, 0.15) is 18.8 Å². The van der Waals surface area contributed by atoms with Gasteiger partial charge in [-0.2, -0.15) is 8.42 Å². The van der Waals surface area contributed by atoms with Crippen molar-refractivity contribution < 1.29 is 39.6 Å². The molecule has 10 nitrogen and oxygen atoms in total. The van der Waals surface area contributed by atoms with Gasteiger partial charge in [0.2, 0.25) is 10.4 Å². The average Bonchev–Trinajstić information content (AvgIpc) is 2.98. The average molecular weight is 433 g/mol. The van der Waals surface area contributed by atoms with E-state index in [4.69, 9.17) is 46.6 Å². The third-order valence-electron chi connectivity index (χ3n) is 2.57. The highest BCUT2D eigenvalue weighted by molar-refractivity contribution is 7.80. The van der Waals surface area contributed by atoms with Gasteiger partial charge < -0.3 is 4.55 Å². The van der Waals surface area contributed by atoms with Crippen molar-refractivity contribution in [2.24, 2.45) is 0 Å². The van der Waals surface area contributed by atoms with Crippen molar-refractivity contribution in [3.8, 4) is 11.3 Å². The summed E-state index contributed by atoms with van der Waals surface area (Å²) in [5.41, 5.74) is 2.50. The van der Waals surface area contributed by atoms with Crippen LogP contribution < -0.4 is 9.88 Å². The van der Waals surface area contributed by atoms with Crippen LogP contribution in [-0.4, -0.2) is 41.6 Å². The number of anilines is 1. The SMILES string of the molecule is Clc1ccc(-c2csc3[n+]2CCN3)cc1.O=S(=O)(O)O.O=S(=O)([O-])O. The second kappa shape index (κ2) is 8.86. The molecule has 25 heavy (non-hydrogen) atoms. The van der Waals surface area contributed by atoms with Crippen LogP contribution in [0.3, 0.4) is 0 Å². The quantitative estimate of drug-likeness (QED) is 0.293. The Bertz CT molecular complexity index is 863. The summed E-state index contributed by atoms with van der Waals surface area (Å²) in [5, 5.41) is 7.58. The summed E-state index contributed by atoms with van der Waals surface area (Å²) < 4.78 is 66.7. The molecule has 1 aromatic heterocycles. The molecule has 0 fully saturated rings. The molecule has 0 amide bonds. The number of benzene rings is 1. The van der Waals surface area contributed by atoms with Gasteiger partial charge in [-0.25, -0.2) is 13.0 Å². The van der Waals surface area contributed by atoms with E-state index in [1.54, 1.807) is 11.3 Å². The summed E-state index contributed by atoms with van der Waals surface area (Å²) in [4.78, 5) is 0. The molecule has 0 saturated heterocycles. The Morgan fingerprint density at radius 2 is 1.60 bits per heavy atom. The highest BCUT2D eigenvalue weighted by Crippen LogP contribution is 2.25. The van der Waals surface area contributed by atoms with Crippen LogP contribution in [0, 0.1) is 0 Å². The van der Waals surface area contributed by atoms with Crippen molar-refractivity contribution in [1.29, 1.82) is 0 Å².